The fraction of sp³-hybridized carbons (Fsp3) is 0.542. The molecule has 1 unspecified atom stereocenters. The fourth-order valence-corrected chi connectivity index (χ4v) is 5.13. The highest BCUT2D eigenvalue weighted by Gasteiger charge is 2.37. The van der Waals surface area contributed by atoms with Gasteiger partial charge in [-0.05, 0) is 81.6 Å². The molecule has 1 saturated carbocycles. The van der Waals surface area contributed by atoms with Gasteiger partial charge in [0.05, 0.1) is 11.4 Å². The number of hydrogen-bond acceptors (Lipinski definition) is 3. The summed E-state index contributed by atoms with van der Waals surface area (Å²) in [6.07, 6.45) is 6.96. The van der Waals surface area contributed by atoms with Crippen LogP contribution in [0.1, 0.15) is 61.8 Å². The van der Waals surface area contributed by atoms with Crippen LogP contribution < -0.4 is 0 Å². The van der Waals surface area contributed by atoms with Gasteiger partial charge in [-0.25, -0.2) is 10.0 Å². The average molecular weight is 398 g/mol. The van der Waals surface area contributed by atoms with E-state index in [1.165, 1.54) is 46.4 Å². The molecule has 2 aliphatic heterocycles. The van der Waals surface area contributed by atoms with Gasteiger partial charge in [0.15, 0.2) is 0 Å². The Labute approximate surface area is 174 Å². The van der Waals surface area contributed by atoms with Gasteiger partial charge in [-0.1, -0.05) is 36.2 Å². The van der Waals surface area contributed by atoms with E-state index >= 15 is 0 Å². The van der Waals surface area contributed by atoms with Gasteiger partial charge in [0.2, 0.25) is 0 Å². The summed E-state index contributed by atoms with van der Waals surface area (Å²) < 4.78 is 0. The van der Waals surface area contributed by atoms with Gasteiger partial charge in [0.25, 0.3) is 0 Å². The Balaban J connectivity index is 1.79. The van der Waals surface area contributed by atoms with Crippen molar-refractivity contribution in [3.8, 4) is 0 Å². The molecule has 28 heavy (non-hydrogen) atoms. The molecule has 1 atom stereocenters. The van der Waals surface area contributed by atoms with Crippen molar-refractivity contribution in [3.05, 3.63) is 51.9 Å². The Bertz CT molecular complexity index is 853. The number of benzene rings is 1. The van der Waals surface area contributed by atoms with Gasteiger partial charge in [-0.3, -0.25) is 0 Å². The molecule has 1 aromatic rings. The molecule has 3 nitrogen and oxygen atoms in total. The summed E-state index contributed by atoms with van der Waals surface area (Å²) in [7, 11) is 0. The van der Waals surface area contributed by atoms with Gasteiger partial charge >= 0.3 is 0 Å². The molecular weight excluding hydrogens is 366 g/mol. The molecule has 0 saturated heterocycles. The standard InChI is InChI=1S/C24H32ClN3/c1-6-9-27(14-19-7-8-19)28-18(5)12-20(24-21(28)13-22(25)26-24)23-16(3)10-15(2)11-17(23)4/h10-11,13,18-19H,6-9,12,14H2,1-5H3. The van der Waals surface area contributed by atoms with Crippen LogP contribution >= 0.6 is 11.6 Å². The van der Waals surface area contributed by atoms with E-state index in [9.17, 15) is 0 Å². The summed E-state index contributed by atoms with van der Waals surface area (Å²) in [6, 6.07) is 4.97. The maximum Gasteiger partial charge on any atom is 0.132 e. The summed E-state index contributed by atoms with van der Waals surface area (Å²) in [5, 5.41) is 5.66. The zero-order valence-electron chi connectivity index (χ0n) is 17.8. The van der Waals surface area contributed by atoms with E-state index in [-0.39, 0.29) is 0 Å². The average Bonchev–Trinajstić information content (AvgIpc) is 3.33. The predicted octanol–water partition coefficient (Wildman–Crippen LogP) is 5.99. The Morgan fingerprint density at radius 2 is 1.86 bits per heavy atom. The van der Waals surface area contributed by atoms with Gasteiger partial charge < -0.3 is 5.01 Å². The highest BCUT2D eigenvalue weighted by atomic mass is 35.5. The van der Waals surface area contributed by atoms with Gasteiger partial charge in [-0.15, -0.1) is 0 Å². The maximum absolute atomic E-state index is 6.45. The van der Waals surface area contributed by atoms with Crippen molar-refractivity contribution < 1.29 is 0 Å². The number of allylic oxidation sites excluding steroid dienone is 1. The van der Waals surface area contributed by atoms with Crippen LogP contribution in [0.4, 0.5) is 0 Å². The van der Waals surface area contributed by atoms with Crippen LogP contribution in [0.5, 0.6) is 0 Å². The lowest BCUT2D eigenvalue weighted by Crippen LogP contribution is -2.50. The Morgan fingerprint density at radius 3 is 2.46 bits per heavy atom. The third kappa shape index (κ3) is 3.67. The molecule has 1 aromatic carbocycles. The van der Waals surface area contributed by atoms with E-state index in [0.717, 1.165) is 37.5 Å². The highest BCUT2D eigenvalue weighted by Crippen LogP contribution is 2.44. The van der Waals surface area contributed by atoms with Crippen molar-refractivity contribution >= 4 is 22.3 Å². The minimum atomic E-state index is 0.396. The normalized spacial score (nSPS) is 22.0. The van der Waals surface area contributed by atoms with Crippen molar-refractivity contribution in [3.63, 3.8) is 0 Å². The molecule has 150 valence electrons. The second kappa shape index (κ2) is 7.68. The van der Waals surface area contributed by atoms with Crippen molar-refractivity contribution in [2.45, 2.75) is 66.3 Å². The molecule has 0 amide bonds. The van der Waals surface area contributed by atoms with Gasteiger partial charge in [0.1, 0.15) is 5.17 Å². The summed E-state index contributed by atoms with van der Waals surface area (Å²) >= 11 is 6.45. The maximum atomic E-state index is 6.45. The SMILES string of the molecule is CCCN(CC1CC1)N1C2=CC(Cl)=NC2=C(c2c(C)cc(C)cc2C)CC1C. The molecule has 0 radical (unpaired) electrons. The Morgan fingerprint density at radius 1 is 1.18 bits per heavy atom. The monoisotopic (exact) mass is 397 g/mol. The number of nitrogens with zero attached hydrogens (tertiary/aromatic N) is 3. The van der Waals surface area contributed by atoms with Crippen LogP contribution in [0.25, 0.3) is 5.57 Å². The van der Waals surface area contributed by atoms with Crippen LogP contribution in [0.15, 0.2) is 34.6 Å². The number of rotatable bonds is 6. The third-order valence-electron chi connectivity index (χ3n) is 6.10. The molecule has 1 aliphatic carbocycles. The van der Waals surface area contributed by atoms with E-state index in [1.54, 1.807) is 0 Å². The van der Waals surface area contributed by atoms with Crippen molar-refractivity contribution in [1.29, 1.82) is 0 Å². The van der Waals surface area contributed by atoms with E-state index in [0.29, 0.717) is 11.2 Å². The minimum absolute atomic E-state index is 0.396. The van der Waals surface area contributed by atoms with Gasteiger partial charge in [0, 0.05) is 25.2 Å². The first-order valence-electron chi connectivity index (χ1n) is 10.7. The van der Waals surface area contributed by atoms with E-state index in [4.69, 9.17) is 16.6 Å². The quantitative estimate of drug-likeness (QED) is 0.587. The number of aryl methyl sites for hydroxylation is 3. The molecule has 0 N–H and O–H groups in total. The van der Waals surface area contributed by atoms with Crippen molar-refractivity contribution in [2.75, 3.05) is 13.1 Å². The number of aliphatic imine (C=N–C) groups is 1. The first-order valence-corrected chi connectivity index (χ1v) is 11.1. The second-order valence-electron chi connectivity index (χ2n) is 8.82. The minimum Gasteiger partial charge on any atom is -0.300 e. The molecule has 4 rings (SSSR count). The molecule has 3 aliphatic rings. The lowest BCUT2D eigenvalue weighted by atomic mass is 9.86. The molecule has 2 heterocycles. The van der Waals surface area contributed by atoms with Crippen LogP contribution in [-0.4, -0.2) is 34.3 Å². The summed E-state index contributed by atoms with van der Waals surface area (Å²) in [6.45, 7) is 13.5. The summed E-state index contributed by atoms with van der Waals surface area (Å²) in [5.41, 5.74) is 8.96. The smallest absolute Gasteiger partial charge is 0.132 e. The summed E-state index contributed by atoms with van der Waals surface area (Å²) in [5.74, 6) is 0.854. The topological polar surface area (TPSA) is 18.8 Å². The molecule has 0 aromatic heterocycles. The molecule has 1 fully saturated rings. The number of hydrogen-bond donors (Lipinski definition) is 0. The van der Waals surface area contributed by atoms with Crippen LogP contribution in [0, 0.1) is 26.7 Å². The first kappa shape index (κ1) is 19.7. The molecular formula is C24H32ClN3. The third-order valence-corrected chi connectivity index (χ3v) is 6.29. The zero-order valence-corrected chi connectivity index (χ0v) is 18.6. The predicted molar refractivity (Wildman–Crippen MR) is 119 cm³/mol. The largest absolute Gasteiger partial charge is 0.300 e. The lowest BCUT2D eigenvalue weighted by Gasteiger charge is -2.45. The van der Waals surface area contributed by atoms with Crippen LogP contribution in [-0.2, 0) is 0 Å². The van der Waals surface area contributed by atoms with Crippen LogP contribution in [0.2, 0.25) is 0 Å². The second-order valence-corrected chi connectivity index (χ2v) is 9.21. The fourth-order valence-electron chi connectivity index (χ4n) is 4.94. The Hall–Kier alpha value is -1.58. The number of fused-ring (bicyclic) bond motifs is 1. The van der Waals surface area contributed by atoms with Gasteiger partial charge in [-0.2, -0.15) is 0 Å². The number of halogens is 1. The molecule has 0 spiro atoms. The Kier molecular flexibility index (Phi) is 5.41. The van der Waals surface area contributed by atoms with Crippen LogP contribution in [0.3, 0.4) is 0 Å². The molecule has 4 heteroatoms. The number of hydrazine groups is 1. The highest BCUT2D eigenvalue weighted by molar-refractivity contribution is 6.69. The summed E-state index contributed by atoms with van der Waals surface area (Å²) in [4.78, 5) is 4.80. The van der Waals surface area contributed by atoms with E-state index in [2.05, 4.69) is 62.8 Å². The van der Waals surface area contributed by atoms with E-state index in [1.807, 2.05) is 0 Å². The van der Waals surface area contributed by atoms with E-state index < -0.39 is 0 Å². The first-order chi connectivity index (χ1) is 13.4. The lowest BCUT2D eigenvalue weighted by molar-refractivity contribution is -0.0259. The molecule has 0 bridgehead atoms. The van der Waals surface area contributed by atoms with Crippen molar-refractivity contribution in [2.24, 2.45) is 10.9 Å². The zero-order chi connectivity index (χ0) is 20.0. The van der Waals surface area contributed by atoms with Crippen molar-refractivity contribution in [1.82, 2.24) is 10.0 Å².